The molecule has 0 aliphatic carbocycles. The summed E-state index contributed by atoms with van der Waals surface area (Å²) < 4.78 is 3.80. The van der Waals surface area contributed by atoms with E-state index in [4.69, 9.17) is 0 Å². The van der Waals surface area contributed by atoms with Gasteiger partial charge in [-0.25, -0.2) is 4.68 Å². The molecule has 0 aromatic carbocycles. The second kappa shape index (κ2) is 5.96. The largest absolute Gasteiger partial charge is 0.375 e. The van der Waals surface area contributed by atoms with Crippen LogP contribution >= 0.6 is 15.9 Å². The number of halogens is 1. The molecule has 2 rings (SSSR count). The molecule has 0 atom stereocenters. The Kier molecular flexibility index (Phi) is 4.31. The highest BCUT2D eigenvalue weighted by Gasteiger charge is 2.09. The summed E-state index contributed by atoms with van der Waals surface area (Å²) in [5.41, 5.74) is 0.504. The average Bonchev–Trinajstić information content (AvgIpc) is 2.88. The Labute approximate surface area is 118 Å². The number of aromatic nitrogens is 5. The van der Waals surface area contributed by atoms with E-state index >= 15 is 0 Å². The minimum atomic E-state index is -0.149. The minimum Gasteiger partial charge on any atom is -0.375 e. The molecular weight excluding hydrogens is 312 g/mol. The SMILES string of the molecule is CCn1cnnc1CNc1cnn(CC)c(=O)c1Br. The van der Waals surface area contributed by atoms with Crippen LogP contribution in [0.5, 0.6) is 0 Å². The van der Waals surface area contributed by atoms with Crippen molar-refractivity contribution in [3.8, 4) is 0 Å². The van der Waals surface area contributed by atoms with Crippen molar-refractivity contribution >= 4 is 21.6 Å². The van der Waals surface area contributed by atoms with Crippen molar-refractivity contribution in [3.63, 3.8) is 0 Å². The standard InChI is InChI=1S/C11H15BrN6O/c1-3-17-7-14-16-9(17)6-13-8-5-15-18(4-2)11(19)10(8)12/h5,7,13H,3-4,6H2,1-2H3. The number of nitrogens with zero attached hydrogens (tertiary/aromatic N) is 5. The average molecular weight is 327 g/mol. The molecule has 0 saturated carbocycles. The molecule has 102 valence electrons. The molecule has 1 N–H and O–H groups in total. The first-order valence-corrected chi connectivity index (χ1v) is 6.82. The third-order valence-corrected chi connectivity index (χ3v) is 3.52. The molecule has 0 radical (unpaired) electrons. The molecule has 2 aromatic heterocycles. The number of aryl methyl sites for hydroxylation is 2. The Bertz CT molecular complexity index is 620. The molecule has 2 aromatic rings. The molecule has 0 aliphatic rings. The number of hydrogen-bond donors (Lipinski definition) is 1. The number of anilines is 1. The molecule has 2 heterocycles. The molecular formula is C11H15BrN6O. The Morgan fingerprint density at radius 1 is 1.37 bits per heavy atom. The molecule has 0 fully saturated rings. The van der Waals surface area contributed by atoms with E-state index in [1.54, 1.807) is 12.5 Å². The zero-order chi connectivity index (χ0) is 13.8. The van der Waals surface area contributed by atoms with Crippen LogP contribution in [0.2, 0.25) is 0 Å². The van der Waals surface area contributed by atoms with E-state index in [9.17, 15) is 4.79 Å². The van der Waals surface area contributed by atoms with E-state index in [-0.39, 0.29) is 5.56 Å². The fourth-order valence-corrected chi connectivity index (χ4v) is 2.12. The van der Waals surface area contributed by atoms with Crippen LogP contribution < -0.4 is 10.9 Å². The van der Waals surface area contributed by atoms with E-state index in [1.165, 1.54) is 4.68 Å². The van der Waals surface area contributed by atoms with Gasteiger partial charge in [-0.05, 0) is 29.8 Å². The van der Waals surface area contributed by atoms with Crippen LogP contribution in [0.4, 0.5) is 5.69 Å². The predicted octanol–water partition coefficient (Wildman–Crippen LogP) is 1.25. The number of nitrogens with one attached hydrogen (secondary N) is 1. The van der Waals surface area contributed by atoms with Gasteiger partial charge in [-0.3, -0.25) is 4.79 Å². The molecule has 0 amide bonds. The lowest BCUT2D eigenvalue weighted by molar-refractivity contribution is 0.612. The molecule has 0 saturated heterocycles. The molecule has 7 nitrogen and oxygen atoms in total. The lowest BCUT2D eigenvalue weighted by atomic mass is 10.4. The van der Waals surface area contributed by atoms with Gasteiger partial charge >= 0.3 is 0 Å². The topological polar surface area (TPSA) is 77.6 Å². The Morgan fingerprint density at radius 3 is 2.84 bits per heavy atom. The van der Waals surface area contributed by atoms with Gasteiger partial charge in [-0.15, -0.1) is 10.2 Å². The first-order valence-electron chi connectivity index (χ1n) is 6.03. The second-order valence-electron chi connectivity index (χ2n) is 3.88. The van der Waals surface area contributed by atoms with Crippen LogP contribution in [0.25, 0.3) is 0 Å². The van der Waals surface area contributed by atoms with Gasteiger partial charge in [-0.2, -0.15) is 5.10 Å². The third kappa shape index (κ3) is 2.83. The van der Waals surface area contributed by atoms with Gasteiger partial charge in [0.25, 0.3) is 5.56 Å². The fraction of sp³-hybridized carbons (Fsp3) is 0.455. The third-order valence-electron chi connectivity index (χ3n) is 2.76. The van der Waals surface area contributed by atoms with Crippen LogP contribution in [0.15, 0.2) is 21.8 Å². The normalized spacial score (nSPS) is 10.7. The lowest BCUT2D eigenvalue weighted by Gasteiger charge is -2.09. The van der Waals surface area contributed by atoms with Crippen LogP contribution in [-0.4, -0.2) is 24.5 Å². The Hall–Kier alpha value is -1.70. The van der Waals surface area contributed by atoms with Gasteiger partial charge in [0.15, 0.2) is 5.82 Å². The summed E-state index contributed by atoms with van der Waals surface area (Å²) in [4.78, 5) is 11.9. The van der Waals surface area contributed by atoms with Crippen LogP contribution in [0.3, 0.4) is 0 Å². The summed E-state index contributed by atoms with van der Waals surface area (Å²) in [5.74, 6) is 0.814. The summed E-state index contributed by atoms with van der Waals surface area (Å²) in [5, 5.41) is 15.1. The molecule has 0 aliphatic heterocycles. The highest BCUT2D eigenvalue weighted by Crippen LogP contribution is 2.16. The van der Waals surface area contributed by atoms with Crippen LogP contribution in [0, 0.1) is 0 Å². The number of hydrogen-bond acceptors (Lipinski definition) is 5. The molecule has 8 heteroatoms. The van der Waals surface area contributed by atoms with Gasteiger partial charge in [0.05, 0.1) is 18.4 Å². The number of rotatable bonds is 5. The fourth-order valence-electron chi connectivity index (χ4n) is 1.67. The zero-order valence-corrected chi connectivity index (χ0v) is 12.4. The van der Waals surface area contributed by atoms with E-state index in [2.05, 4.69) is 36.5 Å². The maximum atomic E-state index is 11.9. The predicted molar refractivity (Wildman–Crippen MR) is 74.9 cm³/mol. The maximum Gasteiger partial charge on any atom is 0.283 e. The first-order chi connectivity index (χ1) is 9.17. The summed E-state index contributed by atoms with van der Waals surface area (Å²) in [6.45, 7) is 5.73. The second-order valence-corrected chi connectivity index (χ2v) is 4.67. The van der Waals surface area contributed by atoms with Gasteiger partial charge in [-0.1, -0.05) is 0 Å². The van der Waals surface area contributed by atoms with E-state index in [1.807, 2.05) is 18.4 Å². The van der Waals surface area contributed by atoms with Crippen molar-refractivity contribution in [1.29, 1.82) is 0 Å². The van der Waals surface area contributed by atoms with Gasteiger partial charge < -0.3 is 9.88 Å². The Balaban J connectivity index is 2.16. The highest BCUT2D eigenvalue weighted by atomic mass is 79.9. The van der Waals surface area contributed by atoms with Crippen LogP contribution in [-0.2, 0) is 19.6 Å². The minimum absolute atomic E-state index is 0.149. The molecule has 0 bridgehead atoms. The summed E-state index contributed by atoms with van der Waals surface area (Å²) in [6.07, 6.45) is 3.31. The highest BCUT2D eigenvalue weighted by molar-refractivity contribution is 9.10. The van der Waals surface area contributed by atoms with Crippen molar-refractivity contribution in [2.45, 2.75) is 33.5 Å². The summed E-state index contributed by atoms with van der Waals surface area (Å²) >= 11 is 3.29. The van der Waals surface area contributed by atoms with Gasteiger partial charge in [0, 0.05) is 13.1 Å². The summed E-state index contributed by atoms with van der Waals surface area (Å²) in [6, 6.07) is 0. The lowest BCUT2D eigenvalue weighted by Crippen LogP contribution is -2.23. The summed E-state index contributed by atoms with van der Waals surface area (Å²) in [7, 11) is 0. The van der Waals surface area contributed by atoms with Crippen molar-refractivity contribution < 1.29 is 0 Å². The van der Waals surface area contributed by atoms with E-state index in [0.717, 1.165) is 12.4 Å². The van der Waals surface area contributed by atoms with Crippen molar-refractivity contribution in [2.24, 2.45) is 0 Å². The Morgan fingerprint density at radius 2 is 2.16 bits per heavy atom. The molecule has 0 unspecified atom stereocenters. The van der Waals surface area contributed by atoms with E-state index in [0.29, 0.717) is 23.2 Å². The quantitative estimate of drug-likeness (QED) is 0.894. The maximum absolute atomic E-state index is 11.9. The van der Waals surface area contributed by atoms with Crippen molar-refractivity contribution in [2.75, 3.05) is 5.32 Å². The van der Waals surface area contributed by atoms with E-state index < -0.39 is 0 Å². The molecule has 19 heavy (non-hydrogen) atoms. The van der Waals surface area contributed by atoms with Crippen molar-refractivity contribution in [3.05, 3.63) is 33.2 Å². The molecule has 0 spiro atoms. The van der Waals surface area contributed by atoms with Gasteiger partial charge in [0.2, 0.25) is 0 Å². The smallest absolute Gasteiger partial charge is 0.283 e. The van der Waals surface area contributed by atoms with Crippen LogP contribution in [0.1, 0.15) is 19.7 Å². The van der Waals surface area contributed by atoms with Gasteiger partial charge in [0.1, 0.15) is 10.8 Å². The zero-order valence-electron chi connectivity index (χ0n) is 10.8. The first kappa shape index (κ1) is 13.7. The monoisotopic (exact) mass is 326 g/mol. The van der Waals surface area contributed by atoms with Crippen molar-refractivity contribution in [1.82, 2.24) is 24.5 Å².